The fourth-order valence-corrected chi connectivity index (χ4v) is 3.25. The van der Waals surface area contributed by atoms with E-state index in [0.29, 0.717) is 49.3 Å². The molecule has 0 bridgehead atoms. The van der Waals surface area contributed by atoms with Crippen molar-refractivity contribution in [3.63, 3.8) is 0 Å². The van der Waals surface area contributed by atoms with E-state index in [4.69, 9.17) is 14.2 Å². The number of rotatable bonds is 10. The molecule has 0 fully saturated rings. The van der Waals surface area contributed by atoms with Crippen molar-refractivity contribution in [2.24, 2.45) is 0 Å². The predicted molar refractivity (Wildman–Crippen MR) is 105 cm³/mol. The summed E-state index contributed by atoms with van der Waals surface area (Å²) in [4.78, 5) is 23.8. The van der Waals surface area contributed by atoms with Crippen molar-refractivity contribution in [1.29, 1.82) is 0 Å². The minimum absolute atomic E-state index is 0.000372. The van der Waals surface area contributed by atoms with Crippen LogP contribution in [0.15, 0.2) is 11.6 Å². The van der Waals surface area contributed by atoms with Gasteiger partial charge in [-0.05, 0) is 38.7 Å². The van der Waals surface area contributed by atoms with Crippen LogP contribution in [0.25, 0.3) is 0 Å². The molecule has 0 radical (unpaired) electrons. The van der Waals surface area contributed by atoms with Gasteiger partial charge in [-0.15, -0.1) is 0 Å². The lowest BCUT2D eigenvalue weighted by atomic mass is 9.94. The van der Waals surface area contributed by atoms with Crippen molar-refractivity contribution in [3.8, 4) is 11.5 Å². The summed E-state index contributed by atoms with van der Waals surface area (Å²) in [6, 6.07) is 0. The zero-order chi connectivity index (χ0) is 20.7. The SMILES string of the molecule is COCCCNC(=O)CC/C(C)=C/Cc1c(O)c2c(c(C)c1OC)COC2=O. The Labute approximate surface area is 165 Å². The average molecular weight is 391 g/mol. The van der Waals surface area contributed by atoms with Gasteiger partial charge in [-0.3, -0.25) is 4.79 Å². The van der Waals surface area contributed by atoms with Gasteiger partial charge in [0.2, 0.25) is 5.91 Å². The predicted octanol–water partition coefficient (Wildman–Crippen LogP) is 2.80. The van der Waals surface area contributed by atoms with Gasteiger partial charge in [-0.25, -0.2) is 4.79 Å². The monoisotopic (exact) mass is 391 g/mol. The molecule has 7 heteroatoms. The number of aromatic hydroxyl groups is 1. The molecule has 1 aliphatic rings. The standard InChI is InChI=1S/C21H29NO6/c1-13(7-9-17(23)22-10-5-11-26-3)6-8-15-19(24)18-16(12-28-21(18)25)14(2)20(15)27-4/h6,24H,5,7-12H2,1-4H3,(H,22,23)/b13-6+. The van der Waals surface area contributed by atoms with Gasteiger partial charge in [-0.1, -0.05) is 11.6 Å². The molecule has 2 N–H and O–H groups in total. The van der Waals surface area contributed by atoms with Crippen LogP contribution < -0.4 is 10.1 Å². The van der Waals surface area contributed by atoms with E-state index >= 15 is 0 Å². The Morgan fingerprint density at radius 2 is 2.07 bits per heavy atom. The van der Waals surface area contributed by atoms with E-state index in [1.54, 1.807) is 14.2 Å². The topological polar surface area (TPSA) is 94.1 Å². The normalized spacial score (nSPS) is 13.3. The van der Waals surface area contributed by atoms with Crippen molar-refractivity contribution in [1.82, 2.24) is 5.32 Å². The second kappa shape index (κ2) is 10.1. The molecule has 0 spiro atoms. The van der Waals surface area contributed by atoms with Gasteiger partial charge in [0.15, 0.2) is 0 Å². The van der Waals surface area contributed by atoms with Crippen LogP contribution in [0.3, 0.4) is 0 Å². The first-order valence-electron chi connectivity index (χ1n) is 9.40. The molecule has 1 heterocycles. The molecule has 0 unspecified atom stereocenters. The highest BCUT2D eigenvalue weighted by molar-refractivity contribution is 5.98. The average Bonchev–Trinajstić information content (AvgIpc) is 3.07. The van der Waals surface area contributed by atoms with Crippen molar-refractivity contribution in [3.05, 3.63) is 33.9 Å². The smallest absolute Gasteiger partial charge is 0.342 e. The van der Waals surface area contributed by atoms with Crippen molar-refractivity contribution < 1.29 is 28.9 Å². The van der Waals surface area contributed by atoms with Crippen LogP contribution in [0.4, 0.5) is 0 Å². The molecule has 1 amide bonds. The van der Waals surface area contributed by atoms with Crippen molar-refractivity contribution >= 4 is 11.9 Å². The highest BCUT2D eigenvalue weighted by Gasteiger charge is 2.31. The Morgan fingerprint density at radius 1 is 1.32 bits per heavy atom. The van der Waals surface area contributed by atoms with Gasteiger partial charge in [0.25, 0.3) is 0 Å². The largest absolute Gasteiger partial charge is 0.507 e. The van der Waals surface area contributed by atoms with Gasteiger partial charge in [-0.2, -0.15) is 0 Å². The molecule has 1 aromatic carbocycles. The number of ether oxygens (including phenoxy) is 3. The Balaban J connectivity index is 2.03. The van der Waals surface area contributed by atoms with E-state index < -0.39 is 5.97 Å². The molecular weight excluding hydrogens is 362 g/mol. The number of amides is 1. The zero-order valence-electron chi connectivity index (χ0n) is 17.0. The number of carbonyl (C=O) groups excluding carboxylic acids is 2. The van der Waals surface area contributed by atoms with E-state index in [0.717, 1.165) is 17.6 Å². The van der Waals surface area contributed by atoms with Gasteiger partial charge < -0.3 is 24.6 Å². The molecule has 0 saturated carbocycles. The van der Waals surface area contributed by atoms with E-state index in [-0.39, 0.29) is 23.8 Å². The third kappa shape index (κ3) is 5.04. The van der Waals surface area contributed by atoms with Crippen molar-refractivity contribution in [2.75, 3.05) is 27.4 Å². The third-order valence-corrected chi connectivity index (χ3v) is 4.90. The molecule has 7 nitrogen and oxygen atoms in total. The number of benzene rings is 1. The number of hydrogen-bond donors (Lipinski definition) is 2. The summed E-state index contributed by atoms with van der Waals surface area (Å²) in [5, 5.41) is 13.5. The van der Waals surface area contributed by atoms with Gasteiger partial charge in [0.05, 0.1) is 7.11 Å². The first-order valence-corrected chi connectivity index (χ1v) is 9.40. The fourth-order valence-electron chi connectivity index (χ4n) is 3.25. The van der Waals surface area contributed by atoms with Crippen LogP contribution in [0.2, 0.25) is 0 Å². The molecule has 1 aromatic rings. The zero-order valence-corrected chi connectivity index (χ0v) is 17.0. The second-order valence-corrected chi connectivity index (χ2v) is 6.87. The summed E-state index contributed by atoms with van der Waals surface area (Å²) in [5.74, 6) is -0.0277. The summed E-state index contributed by atoms with van der Waals surface area (Å²) in [7, 11) is 3.17. The number of carbonyl (C=O) groups is 2. The number of nitrogens with one attached hydrogen (secondary N) is 1. The van der Waals surface area contributed by atoms with E-state index in [1.807, 2.05) is 19.9 Å². The van der Waals surface area contributed by atoms with Gasteiger partial charge in [0.1, 0.15) is 23.7 Å². The summed E-state index contributed by atoms with van der Waals surface area (Å²) in [5.41, 5.74) is 3.29. The van der Waals surface area contributed by atoms with E-state index in [1.165, 1.54) is 0 Å². The molecule has 0 saturated heterocycles. The summed E-state index contributed by atoms with van der Waals surface area (Å²) >= 11 is 0. The maximum Gasteiger partial charge on any atom is 0.342 e. The van der Waals surface area contributed by atoms with E-state index in [9.17, 15) is 14.7 Å². The number of cyclic esters (lactones) is 1. The molecule has 28 heavy (non-hydrogen) atoms. The first kappa shape index (κ1) is 21.8. The number of phenols is 1. The minimum atomic E-state index is -0.509. The van der Waals surface area contributed by atoms with Crippen LogP contribution in [-0.4, -0.2) is 44.4 Å². The Hall–Kier alpha value is -2.54. The lowest BCUT2D eigenvalue weighted by molar-refractivity contribution is -0.121. The number of fused-ring (bicyclic) bond motifs is 1. The molecule has 0 aliphatic carbocycles. The van der Waals surface area contributed by atoms with Gasteiger partial charge in [0, 0.05) is 37.8 Å². The molecular formula is C21H29NO6. The van der Waals surface area contributed by atoms with Crippen LogP contribution in [0.1, 0.15) is 53.2 Å². The first-order chi connectivity index (χ1) is 13.4. The molecule has 1 aliphatic heterocycles. The molecule has 0 aromatic heterocycles. The summed E-state index contributed by atoms with van der Waals surface area (Å²) < 4.78 is 15.5. The molecule has 2 rings (SSSR count). The van der Waals surface area contributed by atoms with Gasteiger partial charge >= 0.3 is 5.97 Å². The quantitative estimate of drug-likeness (QED) is 0.362. The van der Waals surface area contributed by atoms with Crippen molar-refractivity contribution in [2.45, 2.75) is 46.1 Å². The number of hydrogen-bond acceptors (Lipinski definition) is 6. The lowest BCUT2D eigenvalue weighted by Gasteiger charge is -2.15. The Kier molecular flexibility index (Phi) is 7.87. The minimum Gasteiger partial charge on any atom is -0.507 e. The van der Waals surface area contributed by atoms with Crippen LogP contribution >= 0.6 is 0 Å². The molecule has 154 valence electrons. The maximum absolute atomic E-state index is 11.9. The maximum atomic E-state index is 11.9. The molecule has 0 atom stereocenters. The Morgan fingerprint density at radius 3 is 2.75 bits per heavy atom. The summed E-state index contributed by atoms with van der Waals surface area (Å²) in [6.45, 7) is 5.17. The highest BCUT2D eigenvalue weighted by Crippen LogP contribution is 2.42. The number of methoxy groups -OCH3 is 2. The third-order valence-electron chi connectivity index (χ3n) is 4.90. The highest BCUT2D eigenvalue weighted by atomic mass is 16.5. The Bertz CT molecular complexity index is 769. The number of esters is 1. The van der Waals surface area contributed by atoms with Crippen LogP contribution in [0, 0.1) is 6.92 Å². The second-order valence-electron chi connectivity index (χ2n) is 6.87. The fraction of sp³-hybridized carbons (Fsp3) is 0.524. The lowest BCUT2D eigenvalue weighted by Crippen LogP contribution is -2.24. The van der Waals surface area contributed by atoms with Crippen LogP contribution in [-0.2, 0) is 27.3 Å². The van der Waals surface area contributed by atoms with E-state index in [2.05, 4.69) is 5.32 Å². The number of allylic oxidation sites excluding steroid dienone is 2. The number of phenolic OH excluding ortho intramolecular Hbond substituents is 1. The summed E-state index contributed by atoms with van der Waals surface area (Å²) in [6.07, 6.45) is 4.15. The van der Waals surface area contributed by atoms with Crippen LogP contribution in [0.5, 0.6) is 11.5 Å².